The number of rotatable bonds is 30. The molecule has 3 aliphatic heterocycles. The maximum absolute atomic E-state index is 15.0. The van der Waals surface area contributed by atoms with Crippen LogP contribution in [0.1, 0.15) is 69.9 Å². The number of amides is 2. The average Bonchev–Trinajstić information content (AvgIpc) is 1.59. The molecule has 1 N–H and O–H groups in total. The van der Waals surface area contributed by atoms with Crippen molar-refractivity contribution < 1.29 is 122 Å². The lowest BCUT2D eigenvalue weighted by molar-refractivity contribution is -0.441. The van der Waals surface area contributed by atoms with Crippen LogP contribution in [0.15, 0.2) is 103 Å². The van der Waals surface area contributed by atoms with Crippen LogP contribution in [0, 0.1) is 0 Å². The summed E-state index contributed by atoms with van der Waals surface area (Å²) >= 11 is 0. The molecule has 2 atom stereocenters. The maximum Gasteiger partial charge on any atom is 0.333 e. The van der Waals surface area contributed by atoms with Gasteiger partial charge in [0.25, 0.3) is 11.8 Å². The van der Waals surface area contributed by atoms with Gasteiger partial charge in [-0.15, -0.1) is 5.06 Å². The maximum atomic E-state index is 15.0. The molecule has 0 saturated carbocycles. The molecule has 1 aliphatic carbocycles. The summed E-state index contributed by atoms with van der Waals surface area (Å²) in [5.41, 5.74) is -3.69. The van der Waals surface area contributed by atoms with E-state index in [9.17, 15) is 84.3 Å². The minimum atomic E-state index is -5.55. The molecule has 0 bridgehead atoms. The predicted octanol–water partition coefficient (Wildman–Crippen LogP) is 2.39. The highest BCUT2D eigenvalue weighted by molar-refractivity contribution is 7.87. The predicted molar refractivity (Wildman–Crippen MR) is 303 cm³/mol. The molecule has 4 aromatic carbocycles. The quantitative estimate of drug-likeness (QED) is 0.0257. The fourth-order valence-corrected chi connectivity index (χ4v) is 14.7. The average molecular weight is 1340 g/mol. The SMILES string of the molecule is COCCOCCOCCOCCC1(C)/C(=C\C2=C(O)C(=CC3=[N+](CCOC)c4ccc5c(S(=O)(=O)[O-])cc(S(=O)(=O)[O-])cc5c4C3(C)CCCS(=O)(=O)[O-])C2=O)N(CCCC(=O)ON2C(=O)CCC2=O)c2ccc3c(S(=O)(=O)[O-])cc(S(=O)(=O)[O-])cc3c21. The highest BCUT2D eigenvalue weighted by atomic mass is 32.2. The third-order valence-electron chi connectivity index (χ3n) is 15.6. The molecule has 0 aromatic heterocycles. The van der Waals surface area contributed by atoms with Crippen molar-refractivity contribution >= 4 is 113 Å². The highest BCUT2D eigenvalue weighted by Crippen LogP contribution is 2.55. The molecule has 3 heterocycles. The van der Waals surface area contributed by atoms with E-state index < -0.39 is 140 Å². The van der Waals surface area contributed by atoms with Crippen molar-refractivity contribution in [3.05, 3.63) is 94.4 Å². The zero-order valence-corrected chi connectivity index (χ0v) is 52.1. The zero-order chi connectivity index (χ0) is 65.4. The number of aliphatic hydroxyl groups is 1. The Labute approximate surface area is 511 Å². The fourth-order valence-electron chi connectivity index (χ4n) is 11.5. The Morgan fingerprint density at radius 1 is 0.629 bits per heavy atom. The van der Waals surface area contributed by atoms with Crippen molar-refractivity contribution in [3.63, 3.8) is 0 Å². The summed E-state index contributed by atoms with van der Waals surface area (Å²) in [5.74, 6) is -5.13. The summed E-state index contributed by atoms with van der Waals surface area (Å²) in [6.07, 6.45) is 0.466. The Bertz CT molecular complexity index is 4300. The van der Waals surface area contributed by atoms with Gasteiger partial charge < -0.3 is 61.3 Å². The van der Waals surface area contributed by atoms with Gasteiger partial charge in [0, 0.05) is 92.3 Å². The van der Waals surface area contributed by atoms with Gasteiger partial charge in [0.2, 0.25) is 11.5 Å². The van der Waals surface area contributed by atoms with E-state index in [0.717, 1.165) is 12.1 Å². The Hall–Kier alpha value is -6.48. The Morgan fingerprint density at radius 2 is 1.16 bits per heavy atom. The van der Waals surface area contributed by atoms with Gasteiger partial charge in [-0.25, -0.2) is 46.9 Å². The second-order valence-electron chi connectivity index (χ2n) is 21.4. The van der Waals surface area contributed by atoms with Crippen LogP contribution in [0.2, 0.25) is 0 Å². The van der Waals surface area contributed by atoms with Gasteiger partial charge in [0.15, 0.2) is 12.3 Å². The van der Waals surface area contributed by atoms with Crippen LogP contribution in [-0.4, -0.2) is 195 Å². The first-order chi connectivity index (χ1) is 41.6. The zero-order valence-electron chi connectivity index (χ0n) is 48.0. The molecule has 2 amide bonds. The fraction of sp³-hybridized carbons (Fsp3) is 0.436. The number of anilines is 1. The largest absolute Gasteiger partial charge is 0.748 e. The topological polar surface area (TPSA) is 439 Å². The summed E-state index contributed by atoms with van der Waals surface area (Å²) in [7, 11) is -24.2. The summed E-state index contributed by atoms with van der Waals surface area (Å²) in [6, 6.07) is 7.59. The third-order valence-corrected chi connectivity index (χ3v) is 19.8. The second-order valence-corrected chi connectivity index (χ2v) is 28.4. The number of ketones is 1. The number of aliphatic hydroxyl groups excluding tert-OH is 1. The van der Waals surface area contributed by atoms with Crippen LogP contribution in [0.3, 0.4) is 0 Å². The van der Waals surface area contributed by atoms with Gasteiger partial charge in [-0.3, -0.25) is 14.4 Å². The number of fused-ring (bicyclic) bond motifs is 6. The molecule has 89 heavy (non-hydrogen) atoms. The van der Waals surface area contributed by atoms with Crippen LogP contribution < -0.4 is 4.90 Å². The molecule has 29 nitrogen and oxygen atoms in total. The van der Waals surface area contributed by atoms with E-state index >= 15 is 4.79 Å². The monoisotopic (exact) mass is 1340 g/mol. The highest BCUT2D eigenvalue weighted by Gasteiger charge is 2.52. The number of carbonyl (C=O) groups is 4. The van der Waals surface area contributed by atoms with E-state index in [1.54, 1.807) is 6.92 Å². The van der Waals surface area contributed by atoms with Crippen LogP contribution in [-0.2, 0) is 109 Å². The van der Waals surface area contributed by atoms with Gasteiger partial charge in [-0.2, -0.15) is 4.58 Å². The first-order valence-electron chi connectivity index (χ1n) is 27.2. The summed E-state index contributed by atoms with van der Waals surface area (Å²) in [4.78, 5) is 55.1. The number of nitrogens with zero attached hydrogens (tertiary/aromatic N) is 3. The van der Waals surface area contributed by atoms with Gasteiger partial charge in [-0.05, 0) is 104 Å². The molecule has 1 saturated heterocycles. The Balaban J connectivity index is 1.31. The van der Waals surface area contributed by atoms with Gasteiger partial charge >= 0.3 is 5.97 Å². The number of Topliss-reactive ketones (excluding diaryl/α,β-unsaturated/α-hetero) is 1. The lowest BCUT2D eigenvalue weighted by Crippen LogP contribution is -2.35. The lowest BCUT2D eigenvalue weighted by Gasteiger charge is -2.32. The number of hydrogen-bond acceptors (Lipinski definition) is 27. The van der Waals surface area contributed by atoms with Crippen molar-refractivity contribution in [3.8, 4) is 0 Å². The number of carbonyl (C=O) groups excluding carboxylic acids is 4. The molecule has 0 spiro atoms. The van der Waals surface area contributed by atoms with Gasteiger partial charge in [-0.1, -0.05) is 6.07 Å². The van der Waals surface area contributed by atoms with Crippen LogP contribution in [0.25, 0.3) is 21.5 Å². The summed E-state index contributed by atoms with van der Waals surface area (Å²) < 4.78 is 218. The molecule has 34 heteroatoms. The Morgan fingerprint density at radius 3 is 1.67 bits per heavy atom. The van der Waals surface area contributed by atoms with Crippen molar-refractivity contribution in [2.45, 2.75) is 89.2 Å². The minimum Gasteiger partial charge on any atom is -0.748 e. The van der Waals surface area contributed by atoms with E-state index in [1.807, 2.05) is 0 Å². The molecule has 1 fully saturated rings. The summed E-state index contributed by atoms with van der Waals surface area (Å²) in [5, 5.41) is 11.4. The second kappa shape index (κ2) is 26.4. The molecular weight excluding hydrogens is 1280 g/mol. The van der Waals surface area contributed by atoms with Crippen LogP contribution in [0.5, 0.6) is 0 Å². The van der Waals surface area contributed by atoms with E-state index in [4.69, 9.17) is 28.5 Å². The first-order valence-corrected chi connectivity index (χ1v) is 34.4. The van der Waals surface area contributed by atoms with Gasteiger partial charge in [0.05, 0.1) is 85.9 Å². The number of ether oxygens (including phenoxy) is 5. The lowest BCUT2D eigenvalue weighted by atomic mass is 9.72. The molecule has 484 valence electrons. The third kappa shape index (κ3) is 14.5. The smallest absolute Gasteiger partial charge is 0.333 e. The number of hydrogen-bond donors (Lipinski definition) is 1. The van der Waals surface area contributed by atoms with E-state index in [1.165, 1.54) is 67.0 Å². The number of allylic oxidation sites excluding steroid dienone is 5. The van der Waals surface area contributed by atoms with Crippen molar-refractivity contribution in [2.75, 3.05) is 90.8 Å². The number of benzene rings is 4. The van der Waals surface area contributed by atoms with Crippen LogP contribution >= 0.6 is 0 Å². The van der Waals surface area contributed by atoms with Crippen molar-refractivity contribution in [1.29, 1.82) is 0 Å². The van der Waals surface area contributed by atoms with Gasteiger partial charge in [0.1, 0.15) is 52.8 Å². The number of hydroxylamine groups is 2. The normalized spacial score (nSPS) is 20.1. The van der Waals surface area contributed by atoms with Crippen molar-refractivity contribution in [1.82, 2.24) is 5.06 Å². The standard InChI is InChI=1S/C55H63N3O26S5/c1-54(14-6-26-85(64,65)66)45(57(17-19-79-3)42-11-9-35-37(50(42)54)27-33(86(67,68)69)29-43(35)88(73,74)75)31-39-52(62)40(53(39)63)32-46-55(2,15-18-81-22-23-83-25-24-82-21-20-80-4)51-38-28-34(87(70,71)72)30-44(89(76,77)78)36(38)8-10-41(51)56(46)16-5-7-49(61)84-58-47(59)12-13-48(58)60/h8-11,27-32H,5-7,12-26H2,1-4H3,(H5-,62,63,64,65,66,67,68,69,70,71,72,73,74,75,76,77,78)/p-4. The van der Waals surface area contributed by atoms with E-state index in [2.05, 4.69) is 0 Å². The molecule has 4 aliphatic rings. The van der Waals surface area contributed by atoms with E-state index in [0.29, 0.717) is 30.4 Å². The molecule has 4 aromatic rings. The first kappa shape index (κ1) is 68.4. The summed E-state index contributed by atoms with van der Waals surface area (Å²) in [6.45, 7) is 3.49. The van der Waals surface area contributed by atoms with Crippen molar-refractivity contribution in [2.24, 2.45) is 0 Å². The molecule has 2 unspecified atom stereocenters. The molecular formula is C55H59N3O26S5-4. The molecule has 8 rings (SSSR count). The van der Waals surface area contributed by atoms with Crippen LogP contribution in [0.4, 0.5) is 11.4 Å². The number of imide groups is 1. The van der Waals surface area contributed by atoms with E-state index in [-0.39, 0.29) is 140 Å². The minimum absolute atomic E-state index is 0.0146. The number of methoxy groups -OCH3 is 2. The molecule has 0 radical (unpaired) electrons. The Kier molecular flexibility index (Phi) is 20.3.